The predicted molar refractivity (Wildman–Crippen MR) is 64.3 cm³/mol. The summed E-state index contributed by atoms with van der Waals surface area (Å²) in [5, 5.41) is 6.06. The van der Waals surface area contributed by atoms with E-state index >= 15 is 0 Å². The van der Waals surface area contributed by atoms with E-state index in [2.05, 4.69) is 17.6 Å². The first-order chi connectivity index (χ1) is 7.74. The Kier molecular flexibility index (Phi) is 6.42. The standard InChI is InChI=1S/C12H24N2O2/c1-10(11-4-5-11)8-13-9-12(15)14-6-3-7-16-2/h10-11,13H,3-9H2,1-2H3,(H,14,15). The highest BCUT2D eigenvalue weighted by molar-refractivity contribution is 5.77. The van der Waals surface area contributed by atoms with Gasteiger partial charge in [-0.15, -0.1) is 0 Å². The number of methoxy groups -OCH3 is 1. The first-order valence-corrected chi connectivity index (χ1v) is 6.20. The average Bonchev–Trinajstić information content (AvgIpc) is 3.08. The minimum atomic E-state index is 0.0825. The van der Waals surface area contributed by atoms with Crippen molar-refractivity contribution in [3.8, 4) is 0 Å². The van der Waals surface area contributed by atoms with E-state index < -0.39 is 0 Å². The number of ether oxygens (including phenoxy) is 1. The van der Waals surface area contributed by atoms with Gasteiger partial charge in [0.15, 0.2) is 0 Å². The second-order valence-corrected chi connectivity index (χ2v) is 4.64. The summed E-state index contributed by atoms with van der Waals surface area (Å²) >= 11 is 0. The minimum absolute atomic E-state index is 0.0825. The lowest BCUT2D eigenvalue weighted by molar-refractivity contribution is -0.120. The van der Waals surface area contributed by atoms with Crippen LogP contribution in [-0.2, 0) is 9.53 Å². The van der Waals surface area contributed by atoms with Crippen LogP contribution in [0.3, 0.4) is 0 Å². The summed E-state index contributed by atoms with van der Waals surface area (Å²) < 4.78 is 4.90. The van der Waals surface area contributed by atoms with Gasteiger partial charge in [0.1, 0.15) is 0 Å². The average molecular weight is 228 g/mol. The van der Waals surface area contributed by atoms with Crippen molar-refractivity contribution >= 4 is 5.91 Å². The highest BCUT2D eigenvalue weighted by Crippen LogP contribution is 2.35. The number of hydrogen-bond donors (Lipinski definition) is 2. The number of amides is 1. The summed E-state index contributed by atoms with van der Waals surface area (Å²) in [5.74, 6) is 1.69. The normalized spacial score (nSPS) is 17.1. The Morgan fingerprint density at radius 3 is 2.88 bits per heavy atom. The van der Waals surface area contributed by atoms with Crippen LogP contribution in [-0.4, -0.2) is 39.3 Å². The van der Waals surface area contributed by atoms with Crippen molar-refractivity contribution in [2.45, 2.75) is 26.2 Å². The van der Waals surface area contributed by atoms with Gasteiger partial charge in [0.05, 0.1) is 6.54 Å². The summed E-state index contributed by atoms with van der Waals surface area (Å²) in [6, 6.07) is 0. The van der Waals surface area contributed by atoms with E-state index in [-0.39, 0.29) is 5.91 Å². The van der Waals surface area contributed by atoms with Gasteiger partial charge >= 0.3 is 0 Å². The molecule has 0 spiro atoms. The van der Waals surface area contributed by atoms with E-state index in [4.69, 9.17) is 4.74 Å². The molecular formula is C12H24N2O2. The van der Waals surface area contributed by atoms with Crippen LogP contribution in [0.15, 0.2) is 0 Å². The maximum atomic E-state index is 11.4. The molecule has 0 heterocycles. The predicted octanol–water partition coefficient (Wildman–Crippen LogP) is 0.775. The highest BCUT2D eigenvalue weighted by Gasteiger charge is 2.27. The minimum Gasteiger partial charge on any atom is -0.385 e. The lowest BCUT2D eigenvalue weighted by Crippen LogP contribution is -2.36. The maximum Gasteiger partial charge on any atom is 0.233 e. The fourth-order valence-corrected chi connectivity index (χ4v) is 1.75. The van der Waals surface area contributed by atoms with E-state index in [1.165, 1.54) is 12.8 Å². The van der Waals surface area contributed by atoms with Crippen molar-refractivity contribution < 1.29 is 9.53 Å². The molecule has 1 atom stereocenters. The Morgan fingerprint density at radius 2 is 2.25 bits per heavy atom. The Labute approximate surface area is 98.1 Å². The van der Waals surface area contributed by atoms with Crippen LogP contribution < -0.4 is 10.6 Å². The molecule has 0 bridgehead atoms. The maximum absolute atomic E-state index is 11.4. The smallest absolute Gasteiger partial charge is 0.233 e. The van der Waals surface area contributed by atoms with Gasteiger partial charge in [-0.2, -0.15) is 0 Å². The molecule has 1 saturated carbocycles. The van der Waals surface area contributed by atoms with Gasteiger partial charge in [0, 0.05) is 20.3 Å². The summed E-state index contributed by atoms with van der Waals surface area (Å²) in [6.45, 7) is 5.04. The second-order valence-electron chi connectivity index (χ2n) is 4.64. The van der Waals surface area contributed by atoms with Crippen molar-refractivity contribution in [2.24, 2.45) is 11.8 Å². The van der Waals surface area contributed by atoms with Crippen LogP contribution in [0.1, 0.15) is 26.2 Å². The zero-order valence-electron chi connectivity index (χ0n) is 10.4. The molecule has 4 nitrogen and oxygen atoms in total. The molecule has 0 radical (unpaired) electrons. The molecule has 94 valence electrons. The van der Waals surface area contributed by atoms with Crippen LogP contribution in [0, 0.1) is 11.8 Å². The molecule has 0 aliphatic heterocycles. The summed E-state index contributed by atoms with van der Waals surface area (Å²) in [4.78, 5) is 11.4. The molecule has 1 rings (SSSR count). The fourth-order valence-electron chi connectivity index (χ4n) is 1.75. The Balaban J connectivity index is 1.89. The molecular weight excluding hydrogens is 204 g/mol. The molecule has 16 heavy (non-hydrogen) atoms. The van der Waals surface area contributed by atoms with Gasteiger partial charge in [-0.05, 0) is 37.6 Å². The monoisotopic (exact) mass is 228 g/mol. The molecule has 1 amide bonds. The van der Waals surface area contributed by atoms with Gasteiger partial charge in [0.25, 0.3) is 0 Å². The topological polar surface area (TPSA) is 50.4 Å². The summed E-state index contributed by atoms with van der Waals surface area (Å²) in [5.41, 5.74) is 0. The van der Waals surface area contributed by atoms with Crippen LogP contribution in [0.2, 0.25) is 0 Å². The van der Waals surface area contributed by atoms with Crippen LogP contribution in [0.5, 0.6) is 0 Å². The first-order valence-electron chi connectivity index (χ1n) is 6.20. The van der Waals surface area contributed by atoms with E-state index in [9.17, 15) is 4.79 Å². The largest absolute Gasteiger partial charge is 0.385 e. The van der Waals surface area contributed by atoms with Gasteiger partial charge < -0.3 is 15.4 Å². The molecule has 0 aromatic carbocycles. The van der Waals surface area contributed by atoms with Crippen LogP contribution in [0.4, 0.5) is 0 Å². The van der Waals surface area contributed by atoms with Gasteiger partial charge in [-0.25, -0.2) is 0 Å². The zero-order chi connectivity index (χ0) is 11.8. The van der Waals surface area contributed by atoms with E-state index in [0.717, 1.165) is 18.9 Å². The third-order valence-corrected chi connectivity index (χ3v) is 3.03. The molecule has 1 aliphatic carbocycles. The Bertz CT molecular complexity index is 205. The van der Waals surface area contributed by atoms with Crippen LogP contribution >= 0.6 is 0 Å². The molecule has 1 fully saturated rings. The van der Waals surface area contributed by atoms with Gasteiger partial charge in [0.2, 0.25) is 5.91 Å². The molecule has 0 aromatic rings. The van der Waals surface area contributed by atoms with Crippen LogP contribution in [0.25, 0.3) is 0 Å². The Morgan fingerprint density at radius 1 is 1.50 bits per heavy atom. The quantitative estimate of drug-likeness (QED) is 0.573. The SMILES string of the molecule is COCCCNC(=O)CNCC(C)C1CC1. The van der Waals surface area contributed by atoms with Crippen molar-refractivity contribution in [3.05, 3.63) is 0 Å². The summed E-state index contributed by atoms with van der Waals surface area (Å²) in [7, 11) is 1.67. The molecule has 0 aromatic heterocycles. The van der Waals surface area contributed by atoms with Crippen molar-refractivity contribution in [1.82, 2.24) is 10.6 Å². The summed E-state index contributed by atoms with van der Waals surface area (Å²) in [6.07, 6.45) is 3.61. The van der Waals surface area contributed by atoms with Gasteiger partial charge in [-0.3, -0.25) is 4.79 Å². The Hall–Kier alpha value is -0.610. The van der Waals surface area contributed by atoms with Crippen molar-refractivity contribution in [2.75, 3.05) is 33.4 Å². The number of carbonyl (C=O) groups excluding carboxylic acids is 1. The van der Waals surface area contributed by atoms with E-state index in [0.29, 0.717) is 25.6 Å². The highest BCUT2D eigenvalue weighted by atomic mass is 16.5. The lowest BCUT2D eigenvalue weighted by atomic mass is 10.1. The molecule has 0 saturated heterocycles. The number of nitrogens with one attached hydrogen (secondary N) is 2. The fraction of sp³-hybridized carbons (Fsp3) is 0.917. The third kappa shape index (κ3) is 6.08. The number of carbonyl (C=O) groups is 1. The number of rotatable bonds is 9. The molecule has 1 aliphatic rings. The zero-order valence-corrected chi connectivity index (χ0v) is 10.4. The second kappa shape index (κ2) is 7.63. The third-order valence-electron chi connectivity index (χ3n) is 3.03. The van der Waals surface area contributed by atoms with Crippen molar-refractivity contribution in [1.29, 1.82) is 0 Å². The number of hydrogen-bond acceptors (Lipinski definition) is 3. The first kappa shape index (κ1) is 13.5. The van der Waals surface area contributed by atoms with E-state index in [1.807, 2.05) is 0 Å². The molecule has 1 unspecified atom stereocenters. The molecule has 2 N–H and O–H groups in total. The van der Waals surface area contributed by atoms with E-state index in [1.54, 1.807) is 7.11 Å². The molecule has 4 heteroatoms. The lowest BCUT2D eigenvalue weighted by Gasteiger charge is -2.11. The van der Waals surface area contributed by atoms with Gasteiger partial charge in [-0.1, -0.05) is 6.92 Å². The van der Waals surface area contributed by atoms with Crippen molar-refractivity contribution in [3.63, 3.8) is 0 Å².